The molecule has 136 valence electrons. The molecule has 3 rings (SSSR count). The second kappa shape index (κ2) is 7.25. The predicted octanol–water partition coefficient (Wildman–Crippen LogP) is 3.62. The quantitative estimate of drug-likeness (QED) is 0.466. The van der Waals surface area contributed by atoms with E-state index in [9.17, 15) is 29.8 Å². The summed E-state index contributed by atoms with van der Waals surface area (Å²) in [5.41, 5.74) is -0.616. The van der Waals surface area contributed by atoms with E-state index in [1.165, 1.54) is 12.1 Å². The van der Waals surface area contributed by atoms with Crippen LogP contribution in [-0.4, -0.2) is 21.0 Å². The first-order valence-electron chi connectivity index (χ1n) is 7.29. The van der Waals surface area contributed by atoms with Crippen molar-refractivity contribution in [3.05, 3.63) is 73.2 Å². The number of benzene rings is 2. The average molecular weight is 387 g/mol. The molecule has 2 amide bonds. The molecule has 0 unspecified atom stereocenters. The molecule has 10 nitrogen and oxygen atoms in total. The SMILES string of the molecule is O=C1NC(=O)/C(=C/c2ccccc2Oc2ccc([N+](=O)[O-])cc2[N+](=O)[O-])S1. The fourth-order valence-corrected chi connectivity index (χ4v) is 2.89. The Balaban J connectivity index is 1.99. The summed E-state index contributed by atoms with van der Waals surface area (Å²) in [5.74, 6) is -0.577. The number of nitro benzene ring substituents is 2. The lowest BCUT2D eigenvalue weighted by atomic mass is 10.2. The largest absolute Gasteiger partial charge is 0.449 e. The van der Waals surface area contributed by atoms with Gasteiger partial charge in [0.25, 0.3) is 16.8 Å². The van der Waals surface area contributed by atoms with Gasteiger partial charge in [-0.3, -0.25) is 35.1 Å². The monoisotopic (exact) mass is 387 g/mol. The topological polar surface area (TPSA) is 142 Å². The van der Waals surface area contributed by atoms with Gasteiger partial charge in [-0.05, 0) is 30.0 Å². The Kier molecular flexibility index (Phi) is 4.86. The number of ether oxygens (including phenoxy) is 1. The number of rotatable bonds is 5. The smallest absolute Gasteiger partial charge is 0.318 e. The van der Waals surface area contributed by atoms with Crippen molar-refractivity contribution in [3.63, 3.8) is 0 Å². The van der Waals surface area contributed by atoms with Gasteiger partial charge >= 0.3 is 5.69 Å². The maximum atomic E-state index is 11.7. The molecule has 0 spiro atoms. The molecule has 1 aliphatic heterocycles. The van der Waals surface area contributed by atoms with Gasteiger partial charge in [0.05, 0.1) is 20.8 Å². The van der Waals surface area contributed by atoms with Crippen molar-refractivity contribution in [2.75, 3.05) is 0 Å². The number of hydrogen-bond acceptors (Lipinski definition) is 8. The maximum absolute atomic E-state index is 11.7. The highest BCUT2D eigenvalue weighted by atomic mass is 32.2. The Bertz CT molecular complexity index is 1020. The summed E-state index contributed by atoms with van der Waals surface area (Å²) in [7, 11) is 0. The van der Waals surface area contributed by atoms with Gasteiger partial charge in [-0.2, -0.15) is 0 Å². The molecule has 2 aromatic rings. The molecular weight excluding hydrogens is 378 g/mol. The van der Waals surface area contributed by atoms with E-state index >= 15 is 0 Å². The van der Waals surface area contributed by atoms with E-state index in [-0.39, 0.29) is 16.4 Å². The standard InChI is InChI=1S/C16H9N3O7S/c20-15-14(27-16(21)17-15)7-9-3-1-2-4-12(9)26-13-6-5-10(18(22)23)8-11(13)19(24)25/h1-8H,(H,17,20,21)/b14-7-. The van der Waals surface area contributed by atoms with Crippen LogP contribution in [0.2, 0.25) is 0 Å². The van der Waals surface area contributed by atoms with E-state index < -0.39 is 32.4 Å². The normalized spacial score (nSPS) is 14.9. The molecule has 0 aliphatic carbocycles. The molecular formula is C16H9N3O7S. The number of nitro groups is 2. The van der Waals surface area contributed by atoms with Gasteiger partial charge in [0, 0.05) is 11.6 Å². The summed E-state index contributed by atoms with van der Waals surface area (Å²) in [6.07, 6.45) is 1.41. The highest BCUT2D eigenvalue weighted by molar-refractivity contribution is 8.18. The van der Waals surface area contributed by atoms with Crippen LogP contribution in [0.1, 0.15) is 5.56 Å². The van der Waals surface area contributed by atoms with Crippen molar-refractivity contribution in [1.29, 1.82) is 0 Å². The molecule has 11 heteroatoms. The van der Waals surface area contributed by atoms with Crippen molar-refractivity contribution >= 4 is 40.4 Å². The molecule has 0 aromatic heterocycles. The lowest BCUT2D eigenvalue weighted by Gasteiger charge is -2.09. The van der Waals surface area contributed by atoms with Crippen molar-refractivity contribution < 1.29 is 24.2 Å². The van der Waals surface area contributed by atoms with Crippen LogP contribution in [-0.2, 0) is 4.79 Å². The van der Waals surface area contributed by atoms with Crippen LogP contribution in [0, 0.1) is 20.2 Å². The third-order valence-electron chi connectivity index (χ3n) is 3.42. The highest BCUT2D eigenvalue weighted by Crippen LogP contribution is 2.37. The number of thioether (sulfide) groups is 1. The van der Waals surface area contributed by atoms with E-state index in [1.807, 2.05) is 0 Å². The van der Waals surface area contributed by atoms with Crippen molar-refractivity contribution in [1.82, 2.24) is 5.32 Å². The molecule has 1 aliphatic rings. The molecule has 1 heterocycles. The zero-order chi connectivity index (χ0) is 19.6. The number of para-hydroxylation sites is 1. The van der Waals surface area contributed by atoms with Gasteiger partial charge in [0.1, 0.15) is 5.75 Å². The minimum absolute atomic E-state index is 0.147. The van der Waals surface area contributed by atoms with Crippen molar-refractivity contribution in [3.8, 4) is 11.5 Å². The third kappa shape index (κ3) is 3.93. The molecule has 1 fully saturated rings. The summed E-state index contributed by atoms with van der Waals surface area (Å²) in [6, 6.07) is 9.38. The van der Waals surface area contributed by atoms with Gasteiger partial charge in [-0.15, -0.1) is 0 Å². The first-order chi connectivity index (χ1) is 12.8. The molecule has 1 saturated heterocycles. The van der Waals surface area contributed by atoms with E-state index in [2.05, 4.69) is 5.32 Å². The van der Waals surface area contributed by atoms with E-state index in [1.54, 1.807) is 18.2 Å². The number of hydrogen-bond donors (Lipinski definition) is 1. The summed E-state index contributed by atoms with van der Waals surface area (Å²) in [5, 5.41) is 23.7. The fourth-order valence-electron chi connectivity index (χ4n) is 2.22. The van der Waals surface area contributed by atoms with Crippen LogP contribution in [0.3, 0.4) is 0 Å². The highest BCUT2D eigenvalue weighted by Gasteiger charge is 2.26. The fraction of sp³-hybridized carbons (Fsp3) is 0. The molecule has 1 N–H and O–H groups in total. The van der Waals surface area contributed by atoms with Crippen LogP contribution in [0.15, 0.2) is 47.4 Å². The van der Waals surface area contributed by atoms with Gasteiger partial charge in [-0.1, -0.05) is 18.2 Å². The zero-order valence-corrected chi connectivity index (χ0v) is 14.1. The number of nitrogens with one attached hydrogen (secondary N) is 1. The van der Waals surface area contributed by atoms with Gasteiger partial charge in [0.2, 0.25) is 5.75 Å². The first kappa shape index (κ1) is 18.1. The number of carbonyl (C=O) groups excluding carboxylic acids is 2. The lowest BCUT2D eigenvalue weighted by molar-refractivity contribution is -0.394. The van der Waals surface area contributed by atoms with Crippen molar-refractivity contribution in [2.24, 2.45) is 0 Å². The number of non-ortho nitro benzene ring substituents is 1. The predicted molar refractivity (Wildman–Crippen MR) is 95.4 cm³/mol. The minimum atomic E-state index is -0.789. The third-order valence-corrected chi connectivity index (χ3v) is 4.23. The molecule has 0 saturated carbocycles. The van der Waals surface area contributed by atoms with Gasteiger partial charge < -0.3 is 4.74 Å². The Morgan fingerprint density at radius 2 is 1.74 bits per heavy atom. The Morgan fingerprint density at radius 3 is 2.37 bits per heavy atom. The number of amides is 2. The second-order valence-corrected chi connectivity index (χ2v) is 6.17. The second-order valence-electron chi connectivity index (χ2n) is 5.16. The van der Waals surface area contributed by atoms with Crippen LogP contribution in [0.25, 0.3) is 6.08 Å². The molecule has 27 heavy (non-hydrogen) atoms. The molecule has 0 bridgehead atoms. The van der Waals surface area contributed by atoms with Gasteiger partial charge in [0.15, 0.2) is 0 Å². The Labute approximate surface area is 155 Å². The summed E-state index contributed by atoms with van der Waals surface area (Å²) >= 11 is 0.719. The van der Waals surface area contributed by atoms with Gasteiger partial charge in [-0.25, -0.2) is 0 Å². The van der Waals surface area contributed by atoms with Crippen LogP contribution in [0.4, 0.5) is 16.2 Å². The first-order valence-corrected chi connectivity index (χ1v) is 8.11. The van der Waals surface area contributed by atoms with E-state index in [0.717, 1.165) is 30.0 Å². The van der Waals surface area contributed by atoms with E-state index in [0.29, 0.717) is 5.56 Å². The Hall–Kier alpha value is -3.73. The van der Waals surface area contributed by atoms with E-state index in [4.69, 9.17) is 4.74 Å². The number of carbonyl (C=O) groups is 2. The minimum Gasteiger partial charge on any atom is -0.449 e. The lowest BCUT2D eigenvalue weighted by Crippen LogP contribution is -2.17. The average Bonchev–Trinajstić information content (AvgIpc) is 2.93. The zero-order valence-electron chi connectivity index (χ0n) is 13.3. The molecule has 0 radical (unpaired) electrons. The summed E-state index contributed by atoms with van der Waals surface area (Å²) in [6.45, 7) is 0. The van der Waals surface area contributed by atoms with Crippen LogP contribution >= 0.6 is 11.8 Å². The van der Waals surface area contributed by atoms with Crippen molar-refractivity contribution in [2.45, 2.75) is 0 Å². The number of imide groups is 1. The Morgan fingerprint density at radius 1 is 1.00 bits per heavy atom. The summed E-state index contributed by atoms with van der Waals surface area (Å²) in [4.78, 5) is 43.6. The maximum Gasteiger partial charge on any atom is 0.318 e. The summed E-state index contributed by atoms with van der Waals surface area (Å²) < 4.78 is 5.57. The number of nitrogens with zero attached hydrogens (tertiary/aromatic N) is 2. The van der Waals surface area contributed by atoms with Crippen LogP contribution < -0.4 is 10.1 Å². The molecule has 0 atom stereocenters. The molecule has 2 aromatic carbocycles. The van der Waals surface area contributed by atoms with Crippen LogP contribution in [0.5, 0.6) is 11.5 Å².